The molecule has 0 heterocycles. The Hall–Kier alpha value is -2.37. The van der Waals surface area contributed by atoms with Gasteiger partial charge < -0.3 is 9.47 Å². The van der Waals surface area contributed by atoms with Gasteiger partial charge in [0.05, 0.1) is 7.11 Å². The summed E-state index contributed by atoms with van der Waals surface area (Å²) < 4.78 is 22.3. The van der Waals surface area contributed by atoms with Crippen molar-refractivity contribution in [1.29, 1.82) is 0 Å². The molecule has 1 rings (SSSR count). The third-order valence-electron chi connectivity index (χ3n) is 2.60. The Morgan fingerprint density at radius 3 is 2.40 bits per heavy atom. The van der Waals surface area contributed by atoms with E-state index in [1.165, 1.54) is 31.4 Å². The average molecular weight is 281 g/mol. The number of halogens is 1. The Kier molecular flexibility index (Phi) is 5.71. The van der Waals surface area contributed by atoms with E-state index in [0.717, 1.165) is 0 Å². The van der Waals surface area contributed by atoms with Gasteiger partial charge in [0.25, 0.3) is 0 Å². The van der Waals surface area contributed by atoms with Gasteiger partial charge in [-0.3, -0.25) is 5.32 Å². The number of carbonyl (C=O) groups is 2. The zero-order valence-electron chi connectivity index (χ0n) is 11.5. The van der Waals surface area contributed by atoms with Gasteiger partial charge in [-0.15, -0.1) is 0 Å². The number of carbonyl (C=O) groups excluding carboxylic acids is 2. The highest BCUT2D eigenvalue weighted by Gasteiger charge is 2.25. The fourth-order valence-corrected chi connectivity index (χ4v) is 1.37. The molecule has 0 aliphatic carbocycles. The molecule has 0 spiro atoms. The number of nitrogens with one attached hydrogen (secondary N) is 1. The molecule has 1 aromatic carbocycles. The first-order valence-corrected chi connectivity index (χ1v) is 5.91. The van der Waals surface area contributed by atoms with E-state index in [2.05, 4.69) is 10.1 Å². The Balaban J connectivity index is 2.71. The molecule has 0 aliphatic heterocycles. The summed E-state index contributed by atoms with van der Waals surface area (Å²) in [5, 5.41) is 2.39. The molecule has 5 nitrogen and oxygen atoms in total. The molecule has 0 bridgehead atoms. The number of anilines is 1. The normalized spacial score (nSPS) is 12.5. The van der Waals surface area contributed by atoms with E-state index < -0.39 is 24.0 Å². The van der Waals surface area contributed by atoms with Crippen LogP contribution in [0.3, 0.4) is 0 Å². The third-order valence-corrected chi connectivity index (χ3v) is 2.60. The van der Waals surface area contributed by atoms with Crippen molar-refractivity contribution in [3.63, 3.8) is 0 Å². The minimum absolute atomic E-state index is 0.359. The number of benzene rings is 1. The number of allylic oxidation sites excluding steroid dienone is 1. The fourth-order valence-electron chi connectivity index (χ4n) is 1.37. The Morgan fingerprint density at radius 1 is 1.30 bits per heavy atom. The summed E-state index contributed by atoms with van der Waals surface area (Å²) in [6.07, 6.45) is -0.286. The van der Waals surface area contributed by atoms with Crippen molar-refractivity contribution in [2.45, 2.75) is 20.0 Å². The number of methoxy groups -OCH3 is 1. The van der Waals surface area contributed by atoms with Gasteiger partial charge in [-0.2, -0.15) is 0 Å². The first kappa shape index (κ1) is 15.7. The van der Waals surface area contributed by atoms with Gasteiger partial charge in [0.1, 0.15) is 5.82 Å². The fraction of sp³-hybridized carbons (Fsp3) is 0.286. The monoisotopic (exact) mass is 281 g/mol. The van der Waals surface area contributed by atoms with Crippen LogP contribution in [0.15, 0.2) is 35.9 Å². The molecule has 0 aromatic heterocycles. The van der Waals surface area contributed by atoms with Gasteiger partial charge >= 0.3 is 12.1 Å². The van der Waals surface area contributed by atoms with Crippen LogP contribution >= 0.6 is 0 Å². The van der Waals surface area contributed by atoms with Gasteiger partial charge in [-0.25, -0.2) is 14.0 Å². The van der Waals surface area contributed by atoms with E-state index in [9.17, 15) is 14.0 Å². The van der Waals surface area contributed by atoms with Crippen molar-refractivity contribution in [2.24, 2.45) is 0 Å². The van der Waals surface area contributed by atoms with Crippen LogP contribution in [0, 0.1) is 5.82 Å². The molecule has 0 radical (unpaired) electrons. The lowest BCUT2D eigenvalue weighted by Gasteiger charge is -2.16. The molecule has 1 unspecified atom stereocenters. The van der Waals surface area contributed by atoms with Crippen LogP contribution in [0.1, 0.15) is 13.8 Å². The summed E-state index contributed by atoms with van der Waals surface area (Å²) in [5.41, 5.74) is 0.907. The highest BCUT2D eigenvalue weighted by molar-refractivity contribution is 5.88. The maximum atomic E-state index is 12.7. The average Bonchev–Trinajstić information content (AvgIpc) is 2.45. The summed E-state index contributed by atoms with van der Waals surface area (Å²) in [5.74, 6) is -1.09. The van der Waals surface area contributed by atoms with Crippen molar-refractivity contribution >= 4 is 17.7 Å². The van der Waals surface area contributed by atoms with Crippen LogP contribution in [0.25, 0.3) is 0 Å². The molecule has 1 atom stereocenters. The first-order chi connectivity index (χ1) is 9.47. The standard InChI is InChI=1S/C14H16FNO4/c1-4-9(2)12(13(17)19-3)20-14(18)16-11-7-5-10(15)6-8-11/h4-8,12H,1-3H3,(H,16,18)/b9-4+. The third kappa shape index (κ3) is 4.38. The molecule has 1 N–H and O–H groups in total. The maximum absolute atomic E-state index is 12.7. The highest BCUT2D eigenvalue weighted by atomic mass is 19.1. The second-order valence-electron chi connectivity index (χ2n) is 3.97. The van der Waals surface area contributed by atoms with Crippen LogP contribution in [0.4, 0.5) is 14.9 Å². The lowest BCUT2D eigenvalue weighted by Crippen LogP contribution is -2.31. The molecule has 0 saturated heterocycles. The molecular formula is C14H16FNO4. The lowest BCUT2D eigenvalue weighted by atomic mass is 10.1. The minimum Gasteiger partial charge on any atom is -0.466 e. The van der Waals surface area contributed by atoms with Gasteiger partial charge in [0, 0.05) is 5.69 Å². The Bertz CT molecular complexity index is 510. The van der Waals surface area contributed by atoms with Gasteiger partial charge in [0.2, 0.25) is 6.10 Å². The van der Waals surface area contributed by atoms with Crippen LogP contribution in [-0.2, 0) is 14.3 Å². The van der Waals surface area contributed by atoms with Crippen molar-refractivity contribution in [2.75, 3.05) is 12.4 Å². The predicted octanol–water partition coefficient (Wildman–Crippen LogP) is 2.88. The lowest BCUT2D eigenvalue weighted by molar-refractivity contribution is -0.148. The topological polar surface area (TPSA) is 64.6 Å². The summed E-state index contributed by atoms with van der Waals surface area (Å²) in [7, 11) is 1.21. The summed E-state index contributed by atoms with van der Waals surface area (Å²) in [6.45, 7) is 3.36. The molecule has 1 amide bonds. The Morgan fingerprint density at radius 2 is 1.90 bits per heavy atom. The van der Waals surface area contributed by atoms with Crippen molar-refractivity contribution in [1.82, 2.24) is 0 Å². The van der Waals surface area contributed by atoms with E-state index in [4.69, 9.17) is 4.74 Å². The molecule has 1 aromatic rings. The zero-order valence-corrected chi connectivity index (χ0v) is 11.5. The van der Waals surface area contributed by atoms with Crippen molar-refractivity contribution < 1.29 is 23.5 Å². The smallest absolute Gasteiger partial charge is 0.412 e. The predicted molar refractivity (Wildman–Crippen MR) is 71.7 cm³/mol. The molecule has 0 fully saturated rings. The van der Waals surface area contributed by atoms with E-state index in [-0.39, 0.29) is 0 Å². The van der Waals surface area contributed by atoms with Crippen LogP contribution in [0.5, 0.6) is 0 Å². The Labute approximate surface area is 116 Å². The number of ether oxygens (including phenoxy) is 2. The molecule has 0 aliphatic rings. The summed E-state index contributed by atoms with van der Waals surface area (Å²) >= 11 is 0. The summed E-state index contributed by atoms with van der Waals surface area (Å²) in [4.78, 5) is 23.2. The first-order valence-electron chi connectivity index (χ1n) is 5.91. The van der Waals surface area contributed by atoms with E-state index in [0.29, 0.717) is 11.3 Å². The number of hydrogen-bond acceptors (Lipinski definition) is 4. The molecule has 20 heavy (non-hydrogen) atoms. The van der Waals surface area contributed by atoms with Crippen molar-refractivity contribution in [3.05, 3.63) is 41.7 Å². The molecular weight excluding hydrogens is 265 g/mol. The zero-order chi connectivity index (χ0) is 15.1. The minimum atomic E-state index is -1.11. The SMILES string of the molecule is C/C=C(\C)C(OC(=O)Nc1ccc(F)cc1)C(=O)OC. The number of amides is 1. The second-order valence-corrected chi connectivity index (χ2v) is 3.97. The summed E-state index contributed by atoms with van der Waals surface area (Å²) in [6, 6.07) is 5.16. The van der Waals surface area contributed by atoms with E-state index >= 15 is 0 Å². The highest BCUT2D eigenvalue weighted by Crippen LogP contribution is 2.12. The number of hydrogen-bond donors (Lipinski definition) is 1. The largest absolute Gasteiger partial charge is 0.466 e. The quantitative estimate of drug-likeness (QED) is 0.680. The van der Waals surface area contributed by atoms with Crippen molar-refractivity contribution in [3.8, 4) is 0 Å². The second kappa shape index (κ2) is 7.28. The van der Waals surface area contributed by atoms with Gasteiger partial charge in [-0.05, 0) is 43.7 Å². The number of esters is 1. The van der Waals surface area contributed by atoms with Crippen LogP contribution in [0.2, 0.25) is 0 Å². The maximum Gasteiger partial charge on any atom is 0.412 e. The van der Waals surface area contributed by atoms with Crippen LogP contribution in [-0.4, -0.2) is 25.3 Å². The van der Waals surface area contributed by atoms with Gasteiger partial charge in [0.15, 0.2) is 0 Å². The number of rotatable bonds is 4. The van der Waals surface area contributed by atoms with E-state index in [1.807, 2.05) is 0 Å². The van der Waals surface area contributed by atoms with Crippen LogP contribution < -0.4 is 5.32 Å². The van der Waals surface area contributed by atoms with Gasteiger partial charge in [-0.1, -0.05) is 6.08 Å². The van der Waals surface area contributed by atoms with E-state index in [1.54, 1.807) is 19.9 Å². The molecule has 0 saturated carbocycles. The molecule has 108 valence electrons. The molecule has 6 heteroatoms.